The third kappa shape index (κ3) is 1.64. The predicted octanol–water partition coefficient (Wildman–Crippen LogP) is 0.925. The van der Waals surface area contributed by atoms with Crippen LogP contribution in [0.3, 0.4) is 0 Å². The molecule has 0 aliphatic carbocycles. The molecule has 2 aromatic rings. The monoisotopic (exact) mass is 234 g/mol. The van der Waals surface area contributed by atoms with Crippen molar-refractivity contribution in [3.63, 3.8) is 0 Å². The van der Waals surface area contributed by atoms with Crippen LogP contribution in [0, 0.1) is 0 Å². The Kier molecular flexibility index (Phi) is 2.26. The molecular weight excluding hydrogens is 224 g/mol. The molecule has 17 heavy (non-hydrogen) atoms. The van der Waals surface area contributed by atoms with E-state index in [9.17, 15) is 4.79 Å². The van der Waals surface area contributed by atoms with Crippen LogP contribution in [0.5, 0.6) is 11.5 Å². The first-order valence-corrected chi connectivity index (χ1v) is 5.25. The third-order valence-electron chi connectivity index (χ3n) is 2.62. The summed E-state index contributed by atoms with van der Waals surface area (Å²) in [6.07, 6.45) is -0.379. The highest BCUT2D eigenvalue weighted by atomic mass is 16.6. The normalized spacial score (nSPS) is 18.3. The van der Waals surface area contributed by atoms with Crippen molar-refractivity contribution in [3.05, 3.63) is 34.7 Å². The smallest absolute Gasteiger partial charge is 0.336 e. The first-order valence-electron chi connectivity index (χ1n) is 5.25. The molecule has 1 aromatic heterocycles. The number of fused-ring (bicyclic) bond motifs is 3. The van der Waals surface area contributed by atoms with Gasteiger partial charge in [0.15, 0.2) is 17.4 Å². The summed E-state index contributed by atoms with van der Waals surface area (Å²) in [5, 5.41) is 9.77. The van der Waals surface area contributed by atoms with Crippen molar-refractivity contribution in [1.29, 1.82) is 0 Å². The van der Waals surface area contributed by atoms with Crippen LogP contribution < -0.4 is 15.1 Å². The molecule has 1 N–H and O–H groups in total. The summed E-state index contributed by atoms with van der Waals surface area (Å²) >= 11 is 0. The summed E-state index contributed by atoms with van der Waals surface area (Å²) in [7, 11) is 0. The van der Waals surface area contributed by atoms with Crippen LogP contribution in [-0.4, -0.2) is 24.4 Å². The maximum Gasteiger partial charge on any atom is 0.336 e. The molecule has 0 radical (unpaired) electrons. The Balaban J connectivity index is 2.19. The molecule has 1 aliphatic heterocycles. The van der Waals surface area contributed by atoms with Gasteiger partial charge in [0.05, 0.1) is 6.61 Å². The second kappa shape index (κ2) is 3.78. The van der Waals surface area contributed by atoms with E-state index in [-0.39, 0.29) is 19.3 Å². The van der Waals surface area contributed by atoms with Crippen molar-refractivity contribution in [3.8, 4) is 11.5 Å². The van der Waals surface area contributed by atoms with Gasteiger partial charge in [-0.1, -0.05) is 0 Å². The standard InChI is InChI=1S/C12H10O5/c13-5-8-6-15-12-9(16-8)3-1-7-2-4-10(14)17-11(7)12/h1-4,8,13H,5-6H2/t8-/m0/s1. The minimum atomic E-state index is -0.432. The number of rotatable bonds is 1. The maximum atomic E-state index is 11.2. The molecule has 5 nitrogen and oxygen atoms in total. The van der Waals surface area contributed by atoms with Gasteiger partial charge in [-0.15, -0.1) is 0 Å². The molecule has 88 valence electrons. The quantitative estimate of drug-likeness (QED) is 0.743. The van der Waals surface area contributed by atoms with E-state index in [0.29, 0.717) is 17.1 Å². The van der Waals surface area contributed by atoms with Crippen LogP contribution >= 0.6 is 0 Å². The first-order chi connectivity index (χ1) is 8.28. The Bertz CT molecular complexity index is 616. The van der Waals surface area contributed by atoms with Crippen LogP contribution in [0.15, 0.2) is 33.5 Å². The van der Waals surface area contributed by atoms with Gasteiger partial charge in [0.1, 0.15) is 6.61 Å². The zero-order valence-corrected chi connectivity index (χ0v) is 8.88. The van der Waals surface area contributed by atoms with Gasteiger partial charge in [-0.3, -0.25) is 0 Å². The van der Waals surface area contributed by atoms with Crippen LogP contribution in [0.25, 0.3) is 11.0 Å². The van der Waals surface area contributed by atoms with E-state index >= 15 is 0 Å². The van der Waals surface area contributed by atoms with E-state index in [2.05, 4.69) is 0 Å². The zero-order valence-electron chi connectivity index (χ0n) is 8.88. The lowest BCUT2D eigenvalue weighted by Crippen LogP contribution is -2.32. The number of aliphatic hydroxyl groups excluding tert-OH is 1. The van der Waals surface area contributed by atoms with E-state index in [1.807, 2.05) is 0 Å². The van der Waals surface area contributed by atoms with Gasteiger partial charge in [0, 0.05) is 11.5 Å². The Morgan fingerprint density at radius 3 is 2.94 bits per heavy atom. The van der Waals surface area contributed by atoms with Gasteiger partial charge in [0.2, 0.25) is 5.75 Å². The van der Waals surface area contributed by atoms with Gasteiger partial charge in [-0.05, 0) is 18.2 Å². The molecule has 2 heterocycles. The number of hydrogen-bond donors (Lipinski definition) is 1. The van der Waals surface area contributed by atoms with Crippen LogP contribution in [0.2, 0.25) is 0 Å². The highest BCUT2D eigenvalue weighted by molar-refractivity contribution is 5.85. The maximum absolute atomic E-state index is 11.2. The molecule has 1 aliphatic rings. The average molecular weight is 234 g/mol. The highest BCUT2D eigenvalue weighted by Gasteiger charge is 2.23. The van der Waals surface area contributed by atoms with E-state index in [1.54, 1.807) is 18.2 Å². The molecular formula is C12H10O5. The number of benzene rings is 1. The van der Waals surface area contributed by atoms with Gasteiger partial charge in [-0.25, -0.2) is 4.79 Å². The highest BCUT2D eigenvalue weighted by Crippen LogP contribution is 2.37. The minimum absolute atomic E-state index is 0.115. The molecule has 0 bridgehead atoms. The molecule has 0 unspecified atom stereocenters. The Morgan fingerprint density at radius 1 is 1.29 bits per heavy atom. The molecule has 0 spiro atoms. The zero-order chi connectivity index (χ0) is 11.8. The van der Waals surface area contributed by atoms with Crippen molar-refractivity contribution < 1.29 is 19.0 Å². The van der Waals surface area contributed by atoms with Gasteiger partial charge >= 0.3 is 5.63 Å². The Morgan fingerprint density at radius 2 is 2.12 bits per heavy atom. The lowest BCUT2D eigenvalue weighted by atomic mass is 10.2. The molecule has 0 saturated carbocycles. The fraction of sp³-hybridized carbons (Fsp3) is 0.250. The molecule has 0 amide bonds. The lowest BCUT2D eigenvalue weighted by Gasteiger charge is -2.25. The van der Waals surface area contributed by atoms with Crippen LogP contribution in [0.4, 0.5) is 0 Å². The summed E-state index contributed by atoms with van der Waals surface area (Å²) in [5.74, 6) is 0.905. The molecule has 5 heteroatoms. The van der Waals surface area contributed by atoms with Crippen molar-refractivity contribution >= 4 is 11.0 Å². The molecule has 1 atom stereocenters. The molecule has 3 rings (SSSR count). The molecule has 0 saturated heterocycles. The summed E-state index contributed by atoms with van der Waals surface area (Å²) in [4.78, 5) is 11.2. The topological polar surface area (TPSA) is 68.9 Å². The van der Waals surface area contributed by atoms with Gasteiger partial charge in [-0.2, -0.15) is 0 Å². The van der Waals surface area contributed by atoms with Crippen LogP contribution in [0.1, 0.15) is 0 Å². The van der Waals surface area contributed by atoms with E-state index in [4.69, 9.17) is 19.0 Å². The fourth-order valence-electron chi connectivity index (χ4n) is 1.80. The second-order valence-corrected chi connectivity index (χ2v) is 3.80. The van der Waals surface area contributed by atoms with Crippen molar-refractivity contribution in [2.24, 2.45) is 0 Å². The van der Waals surface area contributed by atoms with E-state index in [1.165, 1.54) is 6.07 Å². The van der Waals surface area contributed by atoms with Crippen molar-refractivity contribution in [2.45, 2.75) is 6.10 Å². The van der Waals surface area contributed by atoms with Gasteiger partial charge in [0.25, 0.3) is 0 Å². The summed E-state index contributed by atoms with van der Waals surface area (Å²) in [6.45, 7) is 0.122. The lowest BCUT2D eigenvalue weighted by molar-refractivity contribution is 0.0460. The summed E-state index contributed by atoms with van der Waals surface area (Å²) in [6, 6.07) is 6.54. The minimum Gasteiger partial charge on any atom is -0.482 e. The van der Waals surface area contributed by atoms with Crippen molar-refractivity contribution in [1.82, 2.24) is 0 Å². The Hall–Kier alpha value is -2.01. The van der Waals surface area contributed by atoms with E-state index < -0.39 is 5.63 Å². The molecule has 1 aromatic carbocycles. The number of ether oxygens (including phenoxy) is 2. The molecule has 0 fully saturated rings. The predicted molar refractivity (Wildman–Crippen MR) is 59.5 cm³/mol. The third-order valence-corrected chi connectivity index (χ3v) is 2.62. The first kappa shape index (κ1) is 10.2. The van der Waals surface area contributed by atoms with Gasteiger partial charge < -0.3 is 19.0 Å². The average Bonchev–Trinajstić information content (AvgIpc) is 2.37. The Labute approximate surface area is 96.2 Å². The SMILES string of the molecule is O=c1ccc2ccc3c(c2o1)OC[C@H](CO)O3. The summed E-state index contributed by atoms with van der Waals surface area (Å²) in [5.41, 5.74) is -0.0508. The number of hydrogen-bond acceptors (Lipinski definition) is 5. The van der Waals surface area contributed by atoms with E-state index in [0.717, 1.165) is 5.39 Å². The number of aliphatic hydroxyl groups is 1. The van der Waals surface area contributed by atoms with Crippen LogP contribution in [-0.2, 0) is 0 Å². The summed E-state index contributed by atoms with van der Waals surface area (Å²) < 4.78 is 16.1. The van der Waals surface area contributed by atoms with Crippen molar-refractivity contribution in [2.75, 3.05) is 13.2 Å². The second-order valence-electron chi connectivity index (χ2n) is 3.80. The largest absolute Gasteiger partial charge is 0.482 e. The fourth-order valence-corrected chi connectivity index (χ4v) is 1.80.